The summed E-state index contributed by atoms with van der Waals surface area (Å²) in [5, 5.41) is 8.72. The summed E-state index contributed by atoms with van der Waals surface area (Å²) < 4.78 is 21.5. The van der Waals surface area contributed by atoms with Gasteiger partial charge in [0.15, 0.2) is 11.6 Å². The third-order valence-electron chi connectivity index (χ3n) is 4.77. The molecule has 1 N–H and O–H groups in total. The van der Waals surface area contributed by atoms with Gasteiger partial charge in [-0.25, -0.2) is 0 Å². The number of ketones is 1. The molecule has 0 aromatic rings. The Bertz CT molecular complexity index is 368. The van der Waals surface area contributed by atoms with E-state index in [1.807, 2.05) is 0 Å². The van der Waals surface area contributed by atoms with Gasteiger partial charge in [-0.1, -0.05) is 0 Å². The molecule has 0 unspecified atom stereocenters. The molecule has 2 aliphatic heterocycles. The molecule has 2 saturated carbocycles. The molecule has 6 heteroatoms. The van der Waals surface area contributed by atoms with Crippen molar-refractivity contribution in [2.24, 2.45) is 11.8 Å². The summed E-state index contributed by atoms with van der Waals surface area (Å²) in [7, 11) is 0. The van der Waals surface area contributed by atoms with Gasteiger partial charge in [-0.3, -0.25) is 4.79 Å². The lowest BCUT2D eigenvalue weighted by Gasteiger charge is -2.41. The monoisotopic (exact) mass is 300 g/mol. The van der Waals surface area contributed by atoms with Crippen molar-refractivity contribution >= 4 is 5.78 Å². The Balaban J connectivity index is 0.000000126. The van der Waals surface area contributed by atoms with E-state index in [0.29, 0.717) is 19.1 Å². The highest BCUT2D eigenvalue weighted by Crippen LogP contribution is 2.44. The second-order valence-electron chi connectivity index (χ2n) is 6.39. The molecule has 2 spiro atoms. The predicted molar refractivity (Wildman–Crippen MR) is 72.5 cm³/mol. The largest absolute Gasteiger partial charge is 0.396 e. The molecular formula is C15H24O6. The Morgan fingerprint density at radius 2 is 1.38 bits per heavy atom. The van der Waals surface area contributed by atoms with E-state index in [9.17, 15) is 4.79 Å². The lowest BCUT2D eigenvalue weighted by Crippen LogP contribution is -2.47. The lowest BCUT2D eigenvalue weighted by atomic mass is 9.77. The van der Waals surface area contributed by atoms with Gasteiger partial charge in [-0.05, 0) is 12.8 Å². The Morgan fingerprint density at radius 1 is 0.952 bits per heavy atom. The van der Waals surface area contributed by atoms with Crippen LogP contribution in [0.4, 0.5) is 0 Å². The number of ether oxygens (including phenoxy) is 4. The van der Waals surface area contributed by atoms with E-state index in [4.69, 9.17) is 24.1 Å². The van der Waals surface area contributed by atoms with Crippen LogP contribution in [0.25, 0.3) is 0 Å². The molecule has 4 fully saturated rings. The topological polar surface area (TPSA) is 74.2 Å². The zero-order valence-corrected chi connectivity index (χ0v) is 12.5. The second kappa shape index (κ2) is 5.93. The zero-order chi connectivity index (χ0) is 14.9. The third kappa shape index (κ3) is 3.14. The third-order valence-corrected chi connectivity index (χ3v) is 4.77. The highest BCUT2D eigenvalue weighted by Gasteiger charge is 2.50. The van der Waals surface area contributed by atoms with Gasteiger partial charge in [0, 0.05) is 38.2 Å². The molecule has 6 nitrogen and oxygen atoms in total. The van der Waals surface area contributed by atoms with Gasteiger partial charge in [0.25, 0.3) is 0 Å². The maximum Gasteiger partial charge on any atom is 0.169 e. The number of hydrogen-bond acceptors (Lipinski definition) is 6. The van der Waals surface area contributed by atoms with Crippen molar-refractivity contribution in [3.8, 4) is 0 Å². The minimum absolute atomic E-state index is 0.188. The van der Waals surface area contributed by atoms with Gasteiger partial charge in [0.05, 0.1) is 26.4 Å². The molecule has 2 aliphatic carbocycles. The number of hydrogen-bond donors (Lipinski definition) is 1. The number of aliphatic hydroxyl groups excluding tert-OH is 1. The maximum absolute atomic E-state index is 10.9. The standard InChI is InChI=1S/C8H12O3.C7H12O3/c1-6(9)7-4-8(5-7)10-2-3-11-8;8-5-6-3-7(4-6)9-1-2-10-7/h7H,2-5H2,1H3;6,8H,1-5H2. The predicted octanol–water partition coefficient (Wildman–Crippen LogP) is 0.860. The van der Waals surface area contributed by atoms with Crippen molar-refractivity contribution in [2.75, 3.05) is 33.0 Å². The van der Waals surface area contributed by atoms with Crippen LogP contribution >= 0.6 is 0 Å². The Labute approximate surface area is 124 Å². The van der Waals surface area contributed by atoms with Crippen LogP contribution in [0.1, 0.15) is 32.6 Å². The van der Waals surface area contributed by atoms with Crippen molar-refractivity contribution in [3.05, 3.63) is 0 Å². The number of Topliss-reactive ketones (excluding diaryl/α,β-unsaturated/α-hetero) is 1. The molecule has 2 heterocycles. The highest BCUT2D eigenvalue weighted by atomic mass is 16.7. The summed E-state index contributed by atoms with van der Waals surface area (Å²) in [6, 6.07) is 0. The first kappa shape index (κ1) is 15.4. The number of aliphatic hydroxyl groups is 1. The fourth-order valence-corrected chi connectivity index (χ4v) is 3.39. The quantitative estimate of drug-likeness (QED) is 0.815. The van der Waals surface area contributed by atoms with Gasteiger partial charge in [-0.2, -0.15) is 0 Å². The first-order valence-corrected chi connectivity index (χ1v) is 7.74. The molecule has 4 aliphatic rings. The van der Waals surface area contributed by atoms with E-state index in [1.54, 1.807) is 6.92 Å². The summed E-state index contributed by atoms with van der Waals surface area (Å²) in [5.41, 5.74) is 0. The van der Waals surface area contributed by atoms with E-state index in [1.165, 1.54) is 0 Å². The van der Waals surface area contributed by atoms with Crippen LogP contribution in [-0.4, -0.2) is 55.5 Å². The van der Waals surface area contributed by atoms with Crippen LogP contribution in [-0.2, 0) is 23.7 Å². The smallest absolute Gasteiger partial charge is 0.169 e. The van der Waals surface area contributed by atoms with Crippen molar-refractivity contribution in [2.45, 2.75) is 44.2 Å². The summed E-state index contributed by atoms with van der Waals surface area (Å²) in [6.07, 6.45) is 3.29. The van der Waals surface area contributed by atoms with Gasteiger partial charge in [0.1, 0.15) is 5.78 Å². The van der Waals surface area contributed by atoms with Crippen LogP contribution in [0, 0.1) is 11.8 Å². The van der Waals surface area contributed by atoms with Crippen LogP contribution in [0.15, 0.2) is 0 Å². The first-order valence-electron chi connectivity index (χ1n) is 7.74. The summed E-state index contributed by atoms with van der Waals surface area (Å²) >= 11 is 0. The Hall–Kier alpha value is -0.530. The van der Waals surface area contributed by atoms with Crippen molar-refractivity contribution < 1.29 is 28.8 Å². The summed E-state index contributed by atoms with van der Waals surface area (Å²) in [4.78, 5) is 10.9. The van der Waals surface area contributed by atoms with E-state index in [0.717, 1.165) is 38.9 Å². The van der Waals surface area contributed by atoms with Gasteiger partial charge < -0.3 is 24.1 Å². The Morgan fingerprint density at radius 3 is 1.76 bits per heavy atom. The van der Waals surface area contributed by atoms with E-state index >= 15 is 0 Å². The SMILES string of the molecule is CC(=O)C1CC2(C1)OCCO2.OCC1CC2(C1)OCCO2. The minimum Gasteiger partial charge on any atom is -0.396 e. The average Bonchev–Trinajstić information content (AvgIpc) is 3.04. The van der Waals surface area contributed by atoms with Crippen molar-refractivity contribution in [1.82, 2.24) is 0 Å². The maximum atomic E-state index is 10.9. The first-order chi connectivity index (χ1) is 10.1. The normalized spacial score (nSPS) is 32.4. The average molecular weight is 300 g/mol. The van der Waals surface area contributed by atoms with Crippen LogP contribution in [0.3, 0.4) is 0 Å². The van der Waals surface area contributed by atoms with Crippen LogP contribution in [0.5, 0.6) is 0 Å². The molecule has 0 radical (unpaired) electrons. The molecule has 0 aromatic heterocycles. The van der Waals surface area contributed by atoms with E-state index in [-0.39, 0.29) is 29.9 Å². The second-order valence-corrected chi connectivity index (χ2v) is 6.39. The van der Waals surface area contributed by atoms with Crippen LogP contribution in [0.2, 0.25) is 0 Å². The van der Waals surface area contributed by atoms with Gasteiger partial charge >= 0.3 is 0 Å². The fraction of sp³-hybridized carbons (Fsp3) is 0.933. The number of carbonyl (C=O) groups is 1. The molecule has 4 rings (SSSR count). The molecule has 120 valence electrons. The molecule has 0 atom stereocenters. The van der Waals surface area contributed by atoms with Gasteiger partial charge in [-0.15, -0.1) is 0 Å². The highest BCUT2D eigenvalue weighted by molar-refractivity contribution is 5.79. The fourth-order valence-electron chi connectivity index (χ4n) is 3.39. The molecular weight excluding hydrogens is 276 g/mol. The van der Waals surface area contributed by atoms with Crippen molar-refractivity contribution in [3.63, 3.8) is 0 Å². The van der Waals surface area contributed by atoms with E-state index < -0.39 is 0 Å². The summed E-state index contributed by atoms with van der Waals surface area (Å²) in [5.74, 6) is 0.241. The van der Waals surface area contributed by atoms with E-state index in [2.05, 4.69) is 0 Å². The molecule has 2 saturated heterocycles. The molecule has 0 aromatic carbocycles. The number of carbonyl (C=O) groups excluding carboxylic acids is 1. The molecule has 0 bridgehead atoms. The lowest BCUT2D eigenvalue weighted by molar-refractivity contribution is -0.234. The zero-order valence-electron chi connectivity index (χ0n) is 12.5. The Kier molecular flexibility index (Phi) is 4.34. The molecule has 21 heavy (non-hydrogen) atoms. The minimum atomic E-state index is -0.351. The molecule has 0 amide bonds. The van der Waals surface area contributed by atoms with Crippen LogP contribution < -0.4 is 0 Å². The number of rotatable bonds is 2. The summed E-state index contributed by atoms with van der Waals surface area (Å²) in [6.45, 7) is 4.71. The van der Waals surface area contributed by atoms with Gasteiger partial charge in [0.2, 0.25) is 0 Å². The van der Waals surface area contributed by atoms with Crippen molar-refractivity contribution in [1.29, 1.82) is 0 Å².